The number of hydrogen-bond donors (Lipinski definition) is 0. The Balaban J connectivity index is 0.00000448. The number of para-hydroxylation sites is 1. The quantitative estimate of drug-likeness (QED) is 0.109. The Morgan fingerprint density at radius 1 is 0.745 bits per heavy atom. The van der Waals surface area contributed by atoms with Gasteiger partial charge in [0, 0.05) is 35.0 Å². The van der Waals surface area contributed by atoms with Crippen LogP contribution in [0, 0.1) is 12.1 Å². The molecule has 0 bridgehead atoms. The first-order valence-electron chi connectivity index (χ1n) is 18.3. The first-order valence-corrected chi connectivity index (χ1v) is 18.3. The molecule has 2 unspecified atom stereocenters. The van der Waals surface area contributed by atoms with E-state index in [2.05, 4.69) is 118 Å². The second-order valence-electron chi connectivity index (χ2n) is 13.6. The average molecular weight is 854 g/mol. The molecule has 7 aromatic rings. The second kappa shape index (κ2) is 16.3. The molecule has 0 spiro atoms. The van der Waals surface area contributed by atoms with E-state index in [1.807, 2.05) is 41.3 Å². The molecule has 2 atom stereocenters. The monoisotopic (exact) mass is 853 g/mol. The van der Waals surface area contributed by atoms with Gasteiger partial charge in [0.25, 0.3) is 0 Å². The zero-order valence-corrected chi connectivity index (χ0v) is 32.5. The fourth-order valence-corrected chi connectivity index (χ4v) is 7.45. The Bertz CT molecular complexity index is 2220. The van der Waals surface area contributed by atoms with Crippen molar-refractivity contribution in [3.05, 3.63) is 132 Å². The summed E-state index contributed by atoms with van der Waals surface area (Å²) in [5.74, 6) is 3.05. The van der Waals surface area contributed by atoms with Gasteiger partial charge in [0.05, 0.1) is 6.20 Å². The molecule has 0 aliphatic rings. The fourth-order valence-electron chi connectivity index (χ4n) is 7.45. The molecule has 0 saturated heterocycles. The summed E-state index contributed by atoms with van der Waals surface area (Å²) in [5, 5.41) is 7.12. The number of aromatic nitrogens is 4. The summed E-state index contributed by atoms with van der Waals surface area (Å²) in [7, 11) is 0. The molecule has 0 radical (unpaired) electrons. The molecular weight excluding hydrogens is 808 g/mol. The van der Waals surface area contributed by atoms with Crippen molar-refractivity contribution in [1.29, 1.82) is 0 Å². The molecule has 7 rings (SSSR count). The van der Waals surface area contributed by atoms with Crippen LogP contribution >= 0.6 is 0 Å². The van der Waals surface area contributed by atoms with Gasteiger partial charge < -0.3 is 9.30 Å². The van der Waals surface area contributed by atoms with Crippen LogP contribution in [-0.2, 0) is 27.5 Å². The fraction of sp³-hybridized carbons (Fsp3) is 0.289. The number of rotatable bonds is 13. The molecule has 3 aromatic heterocycles. The number of nitrogens with zero attached hydrogens (tertiary/aromatic N) is 4. The number of benzene rings is 4. The third-order valence-corrected chi connectivity index (χ3v) is 9.86. The van der Waals surface area contributed by atoms with Gasteiger partial charge in [-0.25, -0.2) is 4.98 Å². The Kier molecular flexibility index (Phi) is 11.6. The molecule has 51 heavy (non-hydrogen) atoms. The largest absolute Gasteiger partial charge is 2.00 e. The molecule has 5 nitrogen and oxygen atoms in total. The van der Waals surface area contributed by atoms with Crippen LogP contribution in [0.4, 0.5) is 0 Å². The van der Waals surface area contributed by atoms with Gasteiger partial charge in [-0.05, 0) is 82.6 Å². The van der Waals surface area contributed by atoms with Crippen LogP contribution in [0.1, 0.15) is 95.2 Å². The summed E-state index contributed by atoms with van der Waals surface area (Å²) in [6.45, 7) is 11.4. The molecule has 262 valence electrons. The van der Waals surface area contributed by atoms with Crippen LogP contribution in [0.15, 0.2) is 104 Å². The van der Waals surface area contributed by atoms with Crippen molar-refractivity contribution in [2.45, 2.75) is 85.0 Å². The number of pyridine rings is 1. The number of hydrogen-bond acceptors (Lipinski definition) is 3. The Morgan fingerprint density at radius 2 is 1.47 bits per heavy atom. The van der Waals surface area contributed by atoms with Crippen molar-refractivity contribution >= 4 is 21.8 Å². The van der Waals surface area contributed by atoms with E-state index < -0.39 is 0 Å². The topological polar surface area (TPSA) is 44.9 Å². The second-order valence-corrected chi connectivity index (χ2v) is 13.6. The van der Waals surface area contributed by atoms with Gasteiger partial charge in [0.1, 0.15) is 5.82 Å². The van der Waals surface area contributed by atoms with Gasteiger partial charge in [0.15, 0.2) is 0 Å². The van der Waals surface area contributed by atoms with Gasteiger partial charge in [-0.1, -0.05) is 95.8 Å². The molecular formula is C45H46N4OPt. The maximum Gasteiger partial charge on any atom is 2.00 e. The average Bonchev–Trinajstić information content (AvgIpc) is 3.75. The molecule has 0 fully saturated rings. The van der Waals surface area contributed by atoms with Gasteiger partial charge in [-0.15, -0.1) is 35.7 Å². The predicted octanol–water partition coefficient (Wildman–Crippen LogP) is 12.2. The van der Waals surface area contributed by atoms with Crippen LogP contribution in [0.25, 0.3) is 44.4 Å². The predicted molar refractivity (Wildman–Crippen MR) is 206 cm³/mol. The molecule has 0 N–H and O–H groups in total. The molecule has 0 saturated carbocycles. The van der Waals surface area contributed by atoms with Crippen LogP contribution in [0.2, 0.25) is 0 Å². The summed E-state index contributed by atoms with van der Waals surface area (Å²) in [6.07, 6.45) is 12.8. The first kappa shape index (κ1) is 36.3. The minimum absolute atomic E-state index is 0. The van der Waals surface area contributed by atoms with Crippen molar-refractivity contribution in [3.63, 3.8) is 0 Å². The van der Waals surface area contributed by atoms with Crippen molar-refractivity contribution in [1.82, 2.24) is 19.3 Å². The normalized spacial score (nSPS) is 12.6. The number of aryl methyl sites for hydroxylation is 1. The van der Waals surface area contributed by atoms with E-state index >= 15 is 0 Å². The number of ether oxygens (including phenoxy) is 1. The summed E-state index contributed by atoms with van der Waals surface area (Å²) in [4.78, 5) is 4.78. The van der Waals surface area contributed by atoms with Gasteiger partial charge in [-0.2, -0.15) is 17.2 Å². The van der Waals surface area contributed by atoms with E-state index in [4.69, 9.17) is 14.8 Å². The van der Waals surface area contributed by atoms with E-state index in [0.29, 0.717) is 23.3 Å². The minimum Gasteiger partial charge on any atom is -0.509 e. The van der Waals surface area contributed by atoms with Crippen molar-refractivity contribution in [3.8, 4) is 34.1 Å². The van der Waals surface area contributed by atoms with E-state index in [9.17, 15) is 0 Å². The number of fused-ring (bicyclic) bond motifs is 3. The van der Waals surface area contributed by atoms with Crippen LogP contribution in [0.5, 0.6) is 11.5 Å². The van der Waals surface area contributed by atoms with Crippen molar-refractivity contribution < 1.29 is 25.8 Å². The smallest absolute Gasteiger partial charge is 0.509 e. The molecule has 0 amide bonds. The maximum atomic E-state index is 6.46. The van der Waals surface area contributed by atoms with E-state index in [0.717, 1.165) is 77.4 Å². The third kappa shape index (κ3) is 7.46. The van der Waals surface area contributed by atoms with E-state index in [-0.39, 0.29) is 21.1 Å². The zero-order valence-electron chi connectivity index (χ0n) is 30.2. The summed E-state index contributed by atoms with van der Waals surface area (Å²) in [6, 6.07) is 36.7. The Labute approximate surface area is 317 Å². The molecule has 6 heteroatoms. The van der Waals surface area contributed by atoms with E-state index in [1.165, 1.54) is 22.3 Å². The van der Waals surface area contributed by atoms with Gasteiger partial charge in [-0.3, -0.25) is 4.68 Å². The maximum absolute atomic E-state index is 6.46. The summed E-state index contributed by atoms with van der Waals surface area (Å²) in [5.41, 5.74) is 9.41. The SMILES string of the molecule is CCCc1ccnc(-n2c3[c-]c(Oc4[c-]c(-n5cc(-c6c(C(C)CCC)cccc6C(C)CCC)cn5)ccc4)ccc3c3ccccc32)c1.[Pt+2]. The molecule has 3 heterocycles. The van der Waals surface area contributed by atoms with Crippen LogP contribution in [0.3, 0.4) is 0 Å². The van der Waals surface area contributed by atoms with Crippen LogP contribution in [-0.4, -0.2) is 19.3 Å². The van der Waals surface area contributed by atoms with Crippen LogP contribution < -0.4 is 4.74 Å². The minimum atomic E-state index is 0. The van der Waals surface area contributed by atoms with Crippen molar-refractivity contribution in [2.75, 3.05) is 0 Å². The zero-order chi connectivity index (χ0) is 34.6. The molecule has 0 aliphatic heterocycles. The molecule has 0 aliphatic carbocycles. The Morgan fingerprint density at radius 3 is 2.22 bits per heavy atom. The van der Waals surface area contributed by atoms with Gasteiger partial charge >= 0.3 is 21.1 Å². The standard InChI is InChI=1S/C45H46N4O.Pt/c1-6-13-31(4)38-19-12-20-39(32(5)14-7-2)45(38)34-29-47-48(30-34)35-16-11-17-36(27-35)50-37-22-23-41-40-18-9-10-21-42(40)49(43(41)28-37)44-26-33(15-8-3)24-25-46-44;/h9-12,16-26,29-32H,6-8,13-15H2,1-5H3;/q-2;+2. The van der Waals surface area contributed by atoms with Gasteiger partial charge in [0.2, 0.25) is 0 Å². The molecule has 4 aromatic carbocycles. The Hall–Kier alpha value is -4.47. The first-order chi connectivity index (χ1) is 24.5. The van der Waals surface area contributed by atoms with Crippen molar-refractivity contribution in [2.24, 2.45) is 0 Å². The summed E-state index contributed by atoms with van der Waals surface area (Å²) >= 11 is 0. The van der Waals surface area contributed by atoms with E-state index in [1.54, 1.807) is 0 Å². The summed E-state index contributed by atoms with van der Waals surface area (Å²) < 4.78 is 10.6. The third-order valence-electron chi connectivity index (χ3n) is 9.86.